The molecular weight excluding hydrogens is 232 g/mol. The summed E-state index contributed by atoms with van der Waals surface area (Å²) in [6, 6.07) is 4.63. The predicted molar refractivity (Wildman–Crippen MR) is 70.9 cm³/mol. The predicted octanol–water partition coefficient (Wildman–Crippen LogP) is 0.0591. The number of hydrogen-bond donors (Lipinski definition) is 3. The second-order valence-corrected chi connectivity index (χ2v) is 3.94. The molecule has 0 atom stereocenters. The van der Waals surface area contributed by atoms with Crippen LogP contribution in [-0.4, -0.2) is 36.9 Å². The fourth-order valence-corrected chi connectivity index (χ4v) is 1.35. The van der Waals surface area contributed by atoms with Gasteiger partial charge < -0.3 is 21.7 Å². The molecule has 0 aliphatic rings. The lowest BCUT2D eigenvalue weighted by Gasteiger charge is -2.15. The molecule has 0 spiro atoms. The Hall–Kier alpha value is -2.24. The molecule has 1 aromatic rings. The average molecular weight is 250 g/mol. The Morgan fingerprint density at radius 3 is 2.56 bits per heavy atom. The lowest BCUT2D eigenvalue weighted by atomic mass is 10.1. The maximum absolute atomic E-state index is 11.8. The normalized spacial score (nSPS) is 9.89. The van der Waals surface area contributed by atoms with Crippen LogP contribution in [0, 0.1) is 0 Å². The largest absolute Gasteiger partial charge is 0.399 e. The fraction of sp³-hybridized carbons (Fsp3) is 0.333. The highest BCUT2D eigenvalue weighted by Gasteiger charge is 2.12. The zero-order valence-corrected chi connectivity index (χ0v) is 10.6. The topological polar surface area (TPSA) is 101 Å². The Morgan fingerprint density at radius 2 is 2.00 bits per heavy atom. The van der Waals surface area contributed by atoms with Crippen molar-refractivity contribution < 1.29 is 9.59 Å². The third-order valence-electron chi connectivity index (χ3n) is 2.62. The van der Waals surface area contributed by atoms with Crippen molar-refractivity contribution in [3.8, 4) is 0 Å². The monoisotopic (exact) mass is 250 g/mol. The molecule has 0 aliphatic heterocycles. The standard InChI is InChI=1S/C12H18N4O2/c1-3-16(2)11(17)7-15-12(18)9-5-4-8(13)6-10(9)14/h4-6H,3,7,13-14H2,1-2H3,(H,15,18). The molecule has 0 heterocycles. The summed E-state index contributed by atoms with van der Waals surface area (Å²) < 4.78 is 0. The number of nitrogen functional groups attached to an aromatic ring is 2. The highest BCUT2D eigenvalue weighted by molar-refractivity contribution is 6.01. The van der Waals surface area contributed by atoms with Crippen molar-refractivity contribution in [2.75, 3.05) is 31.6 Å². The van der Waals surface area contributed by atoms with E-state index in [0.29, 0.717) is 23.5 Å². The Bertz CT molecular complexity index is 459. The van der Waals surface area contributed by atoms with Crippen molar-refractivity contribution in [2.45, 2.75) is 6.92 Å². The molecular formula is C12H18N4O2. The number of nitrogens with two attached hydrogens (primary N) is 2. The van der Waals surface area contributed by atoms with Crippen molar-refractivity contribution >= 4 is 23.2 Å². The van der Waals surface area contributed by atoms with E-state index < -0.39 is 0 Å². The van der Waals surface area contributed by atoms with Gasteiger partial charge in [-0.3, -0.25) is 9.59 Å². The summed E-state index contributed by atoms with van der Waals surface area (Å²) in [4.78, 5) is 24.8. The summed E-state index contributed by atoms with van der Waals surface area (Å²) in [7, 11) is 1.67. The van der Waals surface area contributed by atoms with E-state index in [9.17, 15) is 9.59 Å². The number of benzene rings is 1. The van der Waals surface area contributed by atoms with Crippen LogP contribution >= 0.6 is 0 Å². The van der Waals surface area contributed by atoms with Crippen LogP contribution in [0.15, 0.2) is 18.2 Å². The molecule has 0 bridgehead atoms. The van der Waals surface area contributed by atoms with Crippen molar-refractivity contribution in [1.29, 1.82) is 0 Å². The smallest absolute Gasteiger partial charge is 0.253 e. The van der Waals surface area contributed by atoms with Crippen LogP contribution in [-0.2, 0) is 4.79 Å². The van der Waals surface area contributed by atoms with E-state index in [1.807, 2.05) is 6.92 Å². The Labute approximate surface area is 106 Å². The number of hydrogen-bond acceptors (Lipinski definition) is 4. The maximum atomic E-state index is 11.8. The first-order chi connectivity index (χ1) is 8.45. The van der Waals surface area contributed by atoms with Crippen molar-refractivity contribution in [3.05, 3.63) is 23.8 Å². The summed E-state index contributed by atoms with van der Waals surface area (Å²) in [5.74, 6) is -0.537. The summed E-state index contributed by atoms with van der Waals surface area (Å²) in [5, 5.41) is 2.52. The minimum atomic E-state index is -0.384. The van der Waals surface area contributed by atoms with Crippen LogP contribution in [0.5, 0.6) is 0 Å². The van der Waals surface area contributed by atoms with Crippen LogP contribution in [0.3, 0.4) is 0 Å². The number of likely N-dealkylation sites (N-methyl/N-ethyl adjacent to an activating group) is 1. The van der Waals surface area contributed by atoms with E-state index in [-0.39, 0.29) is 18.4 Å². The molecule has 1 aromatic carbocycles. The van der Waals surface area contributed by atoms with E-state index in [1.165, 1.54) is 17.0 Å². The SMILES string of the molecule is CCN(C)C(=O)CNC(=O)c1ccc(N)cc1N. The van der Waals surface area contributed by atoms with Gasteiger partial charge in [0.25, 0.3) is 5.91 Å². The zero-order valence-electron chi connectivity index (χ0n) is 10.6. The van der Waals surface area contributed by atoms with Gasteiger partial charge in [-0.05, 0) is 25.1 Å². The minimum absolute atomic E-state index is 0.0486. The summed E-state index contributed by atoms with van der Waals surface area (Å²) in [6.07, 6.45) is 0. The molecule has 18 heavy (non-hydrogen) atoms. The maximum Gasteiger partial charge on any atom is 0.253 e. The fourth-order valence-electron chi connectivity index (χ4n) is 1.35. The molecule has 2 amide bonds. The second-order valence-electron chi connectivity index (χ2n) is 3.94. The third-order valence-corrected chi connectivity index (χ3v) is 2.62. The van der Waals surface area contributed by atoms with Gasteiger partial charge in [0, 0.05) is 25.0 Å². The highest BCUT2D eigenvalue weighted by atomic mass is 16.2. The number of nitrogens with zero attached hydrogens (tertiary/aromatic N) is 1. The molecule has 98 valence electrons. The molecule has 5 N–H and O–H groups in total. The number of nitrogens with one attached hydrogen (secondary N) is 1. The molecule has 0 saturated heterocycles. The van der Waals surface area contributed by atoms with Crippen molar-refractivity contribution in [3.63, 3.8) is 0 Å². The van der Waals surface area contributed by atoms with Gasteiger partial charge in [0.2, 0.25) is 5.91 Å². The Balaban J connectivity index is 2.63. The number of carbonyl (C=O) groups is 2. The Kier molecular flexibility index (Phi) is 4.53. The molecule has 6 heteroatoms. The molecule has 0 saturated carbocycles. The van der Waals surface area contributed by atoms with Gasteiger partial charge >= 0.3 is 0 Å². The molecule has 0 fully saturated rings. The second kappa shape index (κ2) is 5.90. The van der Waals surface area contributed by atoms with Crippen molar-refractivity contribution in [2.24, 2.45) is 0 Å². The van der Waals surface area contributed by atoms with E-state index in [0.717, 1.165) is 0 Å². The van der Waals surface area contributed by atoms with Gasteiger partial charge in [0.15, 0.2) is 0 Å². The molecule has 0 aliphatic carbocycles. The van der Waals surface area contributed by atoms with E-state index in [2.05, 4.69) is 5.32 Å². The van der Waals surface area contributed by atoms with Crippen molar-refractivity contribution in [1.82, 2.24) is 10.2 Å². The molecule has 6 nitrogen and oxygen atoms in total. The number of carbonyl (C=O) groups excluding carboxylic acids is 2. The third kappa shape index (κ3) is 3.38. The van der Waals surface area contributed by atoms with Crippen LogP contribution in [0.1, 0.15) is 17.3 Å². The first-order valence-corrected chi connectivity index (χ1v) is 5.62. The number of rotatable bonds is 4. The van der Waals surface area contributed by atoms with Crippen LogP contribution in [0.4, 0.5) is 11.4 Å². The average Bonchev–Trinajstić information content (AvgIpc) is 2.34. The van der Waals surface area contributed by atoms with E-state index in [4.69, 9.17) is 11.5 Å². The first-order valence-electron chi connectivity index (χ1n) is 5.62. The van der Waals surface area contributed by atoms with Crippen LogP contribution in [0.25, 0.3) is 0 Å². The molecule has 0 radical (unpaired) electrons. The Morgan fingerprint density at radius 1 is 1.33 bits per heavy atom. The summed E-state index contributed by atoms with van der Waals surface area (Å²) >= 11 is 0. The number of amides is 2. The molecule has 0 aromatic heterocycles. The lowest BCUT2D eigenvalue weighted by molar-refractivity contribution is -0.128. The quantitative estimate of drug-likeness (QED) is 0.657. The van der Waals surface area contributed by atoms with Gasteiger partial charge in [-0.1, -0.05) is 0 Å². The van der Waals surface area contributed by atoms with Gasteiger partial charge in [-0.25, -0.2) is 0 Å². The van der Waals surface area contributed by atoms with Crippen LogP contribution in [0.2, 0.25) is 0 Å². The van der Waals surface area contributed by atoms with E-state index in [1.54, 1.807) is 13.1 Å². The summed E-state index contributed by atoms with van der Waals surface area (Å²) in [5.41, 5.74) is 12.3. The van der Waals surface area contributed by atoms with Gasteiger partial charge in [-0.15, -0.1) is 0 Å². The lowest BCUT2D eigenvalue weighted by Crippen LogP contribution is -2.38. The van der Waals surface area contributed by atoms with Gasteiger partial charge in [-0.2, -0.15) is 0 Å². The van der Waals surface area contributed by atoms with Gasteiger partial charge in [0.05, 0.1) is 12.1 Å². The van der Waals surface area contributed by atoms with Crippen LogP contribution < -0.4 is 16.8 Å². The minimum Gasteiger partial charge on any atom is -0.399 e. The summed E-state index contributed by atoms with van der Waals surface area (Å²) in [6.45, 7) is 2.41. The first kappa shape index (κ1) is 13.8. The highest BCUT2D eigenvalue weighted by Crippen LogP contribution is 2.15. The van der Waals surface area contributed by atoms with E-state index >= 15 is 0 Å². The molecule has 1 rings (SSSR count). The number of anilines is 2. The molecule has 0 unspecified atom stereocenters. The van der Waals surface area contributed by atoms with Gasteiger partial charge in [0.1, 0.15) is 0 Å². The zero-order chi connectivity index (χ0) is 13.7.